The number of benzene rings is 7. The summed E-state index contributed by atoms with van der Waals surface area (Å²) in [6.07, 6.45) is 1.83. The summed E-state index contributed by atoms with van der Waals surface area (Å²) < 4.78 is 6.69. The first-order chi connectivity index (χ1) is 23.8. The van der Waals surface area contributed by atoms with Crippen LogP contribution in [0.25, 0.3) is 54.7 Å². The number of nitrogens with zero attached hydrogens (tertiary/aromatic N) is 1. The van der Waals surface area contributed by atoms with Gasteiger partial charge in [-0.2, -0.15) is 0 Å². The van der Waals surface area contributed by atoms with Crippen LogP contribution < -0.4 is 15.6 Å². The van der Waals surface area contributed by atoms with Gasteiger partial charge in [0.2, 0.25) is 8.07 Å². The summed E-state index contributed by atoms with van der Waals surface area (Å²) in [5, 5.41) is 9.25. The Morgan fingerprint density at radius 2 is 1.02 bits per heavy atom. The first-order valence-electron chi connectivity index (χ1n) is 16.2. The minimum absolute atomic E-state index is 0.783. The molecule has 0 saturated heterocycles. The third-order valence-corrected chi connectivity index (χ3v) is 13.5. The monoisotopic (exact) mass is 627 g/mol. The summed E-state index contributed by atoms with van der Waals surface area (Å²) >= 11 is 0. The highest BCUT2D eigenvalue weighted by Crippen LogP contribution is 2.39. The molecule has 0 fully saturated rings. The predicted molar refractivity (Wildman–Crippen MR) is 203 cm³/mol. The minimum Gasteiger partial charge on any atom is -0.454 e. The summed E-state index contributed by atoms with van der Waals surface area (Å²) in [7, 11) is -3.07. The molecule has 0 saturated carbocycles. The largest absolute Gasteiger partial charge is 0.454 e. The first-order valence-corrected chi connectivity index (χ1v) is 18.2. The van der Waals surface area contributed by atoms with E-state index in [2.05, 4.69) is 169 Å². The maximum atomic E-state index is 6.69. The van der Waals surface area contributed by atoms with Gasteiger partial charge >= 0.3 is 0 Å². The summed E-state index contributed by atoms with van der Waals surface area (Å²) in [6, 6.07) is 60.1. The van der Waals surface area contributed by atoms with Crippen LogP contribution >= 0.6 is 0 Å². The highest BCUT2D eigenvalue weighted by molar-refractivity contribution is 7.17. The third kappa shape index (κ3) is 4.39. The van der Waals surface area contributed by atoms with Crippen molar-refractivity contribution in [1.82, 2.24) is 4.98 Å². The topological polar surface area (TPSA) is 26.0 Å². The second-order valence-corrected chi connectivity index (χ2v) is 15.5. The number of rotatable bonds is 4. The van der Waals surface area contributed by atoms with E-state index in [9.17, 15) is 0 Å². The van der Waals surface area contributed by atoms with E-state index in [0.29, 0.717) is 0 Å². The first kappa shape index (κ1) is 28.0. The van der Waals surface area contributed by atoms with Crippen molar-refractivity contribution in [2.45, 2.75) is 0 Å². The van der Waals surface area contributed by atoms with Gasteiger partial charge in [0.15, 0.2) is 5.58 Å². The van der Waals surface area contributed by atoms with Gasteiger partial charge in [0.25, 0.3) is 0 Å². The van der Waals surface area contributed by atoms with E-state index >= 15 is 0 Å². The number of hydrogen-bond donors (Lipinski definition) is 0. The minimum atomic E-state index is -3.07. The average molecular weight is 628 g/mol. The zero-order chi connectivity index (χ0) is 31.9. The van der Waals surface area contributed by atoms with Crippen LogP contribution in [-0.4, -0.2) is 13.1 Å². The predicted octanol–water partition coefficient (Wildman–Crippen LogP) is 9.02. The zero-order valence-corrected chi connectivity index (χ0v) is 27.1. The van der Waals surface area contributed by atoms with Crippen molar-refractivity contribution in [1.29, 1.82) is 0 Å². The molecule has 9 aromatic rings. The highest BCUT2D eigenvalue weighted by atomic mass is 28.3. The average Bonchev–Trinajstić information content (AvgIpc) is 3.55. The quantitative estimate of drug-likeness (QED) is 0.0843. The second-order valence-electron chi connectivity index (χ2n) is 12.1. The van der Waals surface area contributed by atoms with Crippen molar-refractivity contribution >= 4 is 67.2 Å². The molecule has 224 valence electrons. The number of fused-ring (bicyclic) bond motifs is 5. The van der Waals surface area contributed by atoms with Gasteiger partial charge in [0.05, 0.1) is 0 Å². The second kappa shape index (κ2) is 11.5. The van der Waals surface area contributed by atoms with Crippen LogP contribution in [0.2, 0.25) is 0 Å². The molecule has 0 aliphatic heterocycles. The fourth-order valence-electron chi connectivity index (χ4n) is 7.31. The number of pyridine rings is 1. The van der Waals surface area contributed by atoms with Crippen LogP contribution in [0, 0.1) is 11.5 Å². The van der Waals surface area contributed by atoms with E-state index in [4.69, 9.17) is 9.40 Å². The Labute approximate surface area is 280 Å². The molecule has 9 rings (SSSR count). The van der Waals surface area contributed by atoms with Crippen molar-refractivity contribution in [3.63, 3.8) is 0 Å². The number of hydrogen-bond acceptors (Lipinski definition) is 2. The molecule has 0 N–H and O–H groups in total. The van der Waals surface area contributed by atoms with Gasteiger partial charge in [0.1, 0.15) is 11.1 Å². The van der Waals surface area contributed by atoms with Crippen molar-refractivity contribution in [3.8, 4) is 22.6 Å². The maximum absolute atomic E-state index is 6.69. The molecule has 2 heterocycles. The molecule has 0 bridgehead atoms. The molecule has 0 unspecified atom stereocenters. The molecule has 0 radical (unpaired) electrons. The van der Waals surface area contributed by atoms with E-state index in [1.807, 2.05) is 18.3 Å². The lowest BCUT2D eigenvalue weighted by atomic mass is 9.89. The van der Waals surface area contributed by atoms with Crippen LogP contribution in [0.4, 0.5) is 0 Å². The van der Waals surface area contributed by atoms with Gasteiger partial charge in [-0.1, -0.05) is 158 Å². The van der Waals surface area contributed by atoms with Crippen LogP contribution in [-0.2, 0) is 0 Å². The molecule has 0 atom stereocenters. The van der Waals surface area contributed by atoms with Crippen molar-refractivity contribution in [2.75, 3.05) is 0 Å². The van der Waals surface area contributed by atoms with E-state index in [-0.39, 0.29) is 0 Å². The Hall–Kier alpha value is -6.21. The van der Waals surface area contributed by atoms with Gasteiger partial charge < -0.3 is 4.42 Å². The van der Waals surface area contributed by atoms with Gasteiger partial charge in [0, 0.05) is 22.3 Å². The summed E-state index contributed by atoms with van der Waals surface area (Å²) in [6.45, 7) is 0. The summed E-state index contributed by atoms with van der Waals surface area (Å²) in [5.74, 6) is 3.90. The third-order valence-electron chi connectivity index (χ3n) is 9.44. The van der Waals surface area contributed by atoms with E-state index in [1.54, 1.807) is 0 Å². The highest BCUT2D eigenvalue weighted by Gasteiger charge is 2.41. The van der Waals surface area contributed by atoms with Gasteiger partial charge in [-0.15, -0.1) is 5.54 Å². The Balaban J connectivity index is 1.42. The van der Waals surface area contributed by atoms with E-state index < -0.39 is 8.07 Å². The van der Waals surface area contributed by atoms with Gasteiger partial charge in [-0.25, -0.2) is 0 Å². The van der Waals surface area contributed by atoms with Crippen molar-refractivity contribution in [3.05, 3.63) is 182 Å². The Morgan fingerprint density at radius 1 is 0.479 bits per heavy atom. The van der Waals surface area contributed by atoms with Crippen LogP contribution in [0.3, 0.4) is 0 Å². The molecule has 7 aromatic carbocycles. The van der Waals surface area contributed by atoms with Crippen LogP contribution in [0.15, 0.2) is 180 Å². The molecular weight excluding hydrogens is 599 g/mol. The van der Waals surface area contributed by atoms with E-state index in [1.165, 1.54) is 32.3 Å². The zero-order valence-electron chi connectivity index (χ0n) is 26.1. The molecule has 0 amide bonds. The van der Waals surface area contributed by atoms with Crippen LogP contribution in [0.1, 0.15) is 5.56 Å². The lowest BCUT2D eigenvalue weighted by molar-refractivity contribution is 0.670. The standard InChI is InChI=1S/C45H29NOSi/c1-4-16-32(17-5-1)43-38-24-12-10-22-35(38)37(36-23-11-13-25-39(36)43)29-31-48(33-18-6-2-7-19-33,34-20-8-3-9-21-34)42-28-14-26-40-44-41(47-45(40)42)27-15-30-46-44/h1-28,30H. The Bertz CT molecular complexity index is 2570. The number of aromatic nitrogens is 1. The number of furan rings is 1. The molecule has 3 heteroatoms. The molecule has 0 aliphatic rings. The fourth-order valence-corrected chi connectivity index (χ4v) is 11.3. The fraction of sp³-hybridized carbons (Fsp3) is 0. The van der Waals surface area contributed by atoms with Crippen molar-refractivity contribution < 1.29 is 4.42 Å². The Kier molecular flexibility index (Phi) is 6.74. The van der Waals surface area contributed by atoms with Gasteiger partial charge in [-0.05, 0) is 61.2 Å². The molecule has 2 aromatic heterocycles. The maximum Gasteiger partial charge on any atom is 0.233 e. The number of para-hydroxylation sites is 1. The smallest absolute Gasteiger partial charge is 0.233 e. The molecule has 0 aliphatic carbocycles. The molecule has 2 nitrogen and oxygen atoms in total. The lowest BCUT2D eigenvalue weighted by Crippen LogP contribution is -2.66. The molecule has 0 spiro atoms. The Morgan fingerprint density at radius 3 is 1.65 bits per heavy atom. The van der Waals surface area contributed by atoms with E-state index in [0.717, 1.165) is 43.6 Å². The summed E-state index contributed by atoms with van der Waals surface area (Å²) in [5.41, 5.74) is 10.1. The normalized spacial score (nSPS) is 11.6. The van der Waals surface area contributed by atoms with Gasteiger partial charge in [-0.3, -0.25) is 4.98 Å². The molecular formula is C45H29NOSi. The van der Waals surface area contributed by atoms with Crippen LogP contribution in [0.5, 0.6) is 0 Å². The molecule has 48 heavy (non-hydrogen) atoms. The lowest BCUT2D eigenvalue weighted by Gasteiger charge is -2.28. The van der Waals surface area contributed by atoms with Crippen molar-refractivity contribution in [2.24, 2.45) is 0 Å². The summed E-state index contributed by atoms with van der Waals surface area (Å²) in [4.78, 5) is 4.72. The SMILES string of the molecule is C(#C[Si](c1ccccc1)(c1ccccc1)c1cccc2c1oc1cccnc12)c1c2ccccc2c(-c2ccccc2)c2ccccc12.